The SMILES string of the molecule is CC1C(O)CC(O)[C@@]2(C)C1CC[C@@H]1[C@H]2CC[C@]2(C)CCC[C@@H]12. The van der Waals surface area contributed by atoms with Gasteiger partial charge in [0, 0.05) is 6.42 Å². The molecule has 126 valence electrons. The Morgan fingerprint density at radius 1 is 0.864 bits per heavy atom. The summed E-state index contributed by atoms with van der Waals surface area (Å²) in [6.07, 6.45) is 9.50. The zero-order valence-electron chi connectivity index (χ0n) is 14.6. The Hall–Kier alpha value is -0.0800. The number of rotatable bonds is 0. The molecule has 0 radical (unpaired) electrons. The number of hydrogen-bond donors (Lipinski definition) is 2. The van der Waals surface area contributed by atoms with Crippen LogP contribution in [0.5, 0.6) is 0 Å². The van der Waals surface area contributed by atoms with Crippen LogP contribution in [0.1, 0.15) is 72.1 Å². The molecule has 22 heavy (non-hydrogen) atoms. The van der Waals surface area contributed by atoms with Crippen LogP contribution in [0.3, 0.4) is 0 Å². The van der Waals surface area contributed by atoms with E-state index in [1.54, 1.807) is 0 Å². The molecule has 4 aliphatic carbocycles. The lowest BCUT2D eigenvalue weighted by Crippen LogP contribution is -2.61. The third-order valence-corrected chi connectivity index (χ3v) is 9.05. The minimum atomic E-state index is -0.303. The average molecular weight is 306 g/mol. The van der Waals surface area contributed by atoms with Crippen LogP contribution in [0.25, 0.3) is 0 Å². The second-order valence-electron chi connectivity index (χ2n) is 9.69. The summed E-state index contributed by atoms with van der Waals surface area (Å²) in [4.78, 5) is 0. The lowest BCUT2D eigenvalue weighted by atomic mass is 9.43. The molecule has 2 nitrogen and oxygen atoms in total. The maximum atomic E-state index is 10.9. The van der Waals surface area contributed by atoms with Crippen molar-refractivity contribution in [1.82, 2.24) is 0 Å². The maximum Gasteiger partial charge on any atom is 0.0624 e. The molecule has 0 saturated heterocycles. The Morgan fingerprint density at radius 2 is 1.64 bits per heavy atom. The van der Waals surface area contributed by atoms with E-state index in [9.17, 15) is 10.2 Å². The Bertz CT molecular complexity index is 449. The van der Waals surface area contributed by atoms with E-state index in [2.05, 4.69) is 20.8 Å². The standard InChI is InChI=1S/C20H34O2/c1-12-14-7-6-13-15-5-4-9-19(15,2)10-8-16(13)20(14,3)18(22)11-17(12)21/h12-18,21-22H,4-11H2,1-3H3/t12?,13-,14?,15-,16+,17?,18?,19-,20-/m0/s1. The second kappa shape index (κ2) is 4.96. The van der Waals surface area contributed by atoms with Crippen molar-refractivity contribution in [1.29, 1.82) is 0 Å². The van der Waals surface area contributed by atoms with Crippen molar-refractivity contribution < 1.29 is 10.2 Å². The van der Waals surface area contributed by atoms with Crippen molar-refractivity contribution in [3.8, 4) is 0 Å². The van der Waals surface area contributed by atoms with Crippen LogP contribution >= 0.6 is 0 Å². The van der Waals surface area contributed by atoms with Gasteiger partial charge in [0.25, 0.3) is 0 Å². The molecule has 0 aromatic rings. The van der Waals surface area contributed by atoms with E-state index in [4.69, 9.17) is 0 Å². The monoisotopic (exact) mass is 306 g/mol. The molecule has 4 unspecified atom stereocenters. The smallest absolute Gasteiger partial charge is 0.0624 e. The van der Waals surface area contributed by atoms with Gasteiger partial charge in [-0.1, -0.05) is 27.2 Å². The number of aliphatic hydroxyl groups excluding tert-OH is 2. The summed E-state index contributed by atoms with van der Waals surface area (Å²) in [6, 6.07) is 0. The predicted octanol–water partition coefficient (Wildman–Crippen LogP) is 4.00. The minimum Gasteiger partial charge on any atom is -0.393 e. The molecule has 0 spiro atoms. The zero-order valence-corrected chi connectivity index (χ0v) is 14.6. The highest BCUT2D eigenvalue weighted by Crippen LogP contribution is 2.66. The van der Waals surface area contributed by atoms with Gasteiger partial charge in [-0.2, -0.15) is 0 Å². The van der Waals surface area contributed by atoms with Gasteiger partial charge < -0.3 is 10.2 Å². The highest BCUT2D eigenvalue weighted by molar-refractivity contribution is 5.10. The molecule has 0 aliphatic heterocycles. The van der Waals surface area contributed by atoms with E-state index < -0.39 is 0 Å². The first kappa shape index (κ1) is 15.4. The summed E-state index contributed by atoms with van der Waals surface area (Å²) in [5.41, 5.74) is 0.639. The summed E-state index contributed by atoms with van der Waals surface area (Å²) in [6.45, 7) is 7.14. The summed E-state index contributed by atoms with van der Waals surface area (Å²) >= 11 is 0. The molecule has 2 heteroatoms. The van der Waals surface area contributed by atoms with Crippen molar-refractivity contribution >= 4 is 0 Å². The first-order chi connectivity index (χ1) is 10.4. The Kier molecular flexibility index (Phi) is 3.48. The van der Waals surface area contributed by atoms with Crippen LogP contribution in [0.4, 0.5) is 0 Å². The number of aliphatic hydroxyl groups is 2. The van der Waals surface area contributed by atoms with Crippen LogP contribution in [-0.4, -0.2) is 22.4 Å². The molecular formula is C20H34O2. The quantitative estimate of drug-likeness (QED) is 0.710. The van der Waals surface area contributed by atoms with Crippen molar-refractivity contribution in [3.63, 3.8) is 0 Å². The van der Waals surface area contributed by atoms with Crippen molar-refractivity contribution in [3.05, 3.63) is 0 Å². The summed E-state index contributed by atoms with van der Waals surface area (Å²) in [7, 11) is 0. The fraction of sp³-hybridized carbons (Fsp3) is 1.00. The fourth-order valence-corrected chi connectivity index (χ4v) is 7.70. The largest absolute Gasteiger partial charge is 0.393 e. The van der Waals surface area contributed by atoms with Gasteiger partial charge in [0.2, 0.25) is 0 Å². The van der Waals surface area contributed by atoms with Crippen LogP contribution in [-0.2, 0) is 0 Å². The molecule has 4 fully saturated rings. The van der Waals surface area contributed by atoms with Crippen molar-refractivity contribution in [2.75, 3.05) is 0 Å². The highest BCUT2D eigenvalue weighted by atomic mass is 16.3. The zero-order chi connectivity index (χ0) is 15.7. The lowest BCUT2D eigenvalue weighted by Gasteiger charge is -2.63. The summed E-state index contributed by atoms with van der Waals surface area (Å²) in [5, 5.41) is 21.3. The minimum absolute atomic E-state index is 0.0471. The van der Waals surface area contributed by atoms with Gasteiger partial charge in [-0.25, -0.2) is 0 Å². The maximum absolute atomic E-state index is 10.9. The molecule has 0 heterocycles. The molecule has 4 aliphatic rings. The molecule has 0 aromatic heterocycles. The average Bonchev–Trinajstić information content (AvgIpc) is 2.87. The molecule has 9 atom stereocenters. The van der Waals surface area contributed by atoms with Crippen LogP contribution in [0.15, 0.2) is 0 Å². The van der Waals surface area contributed by atoms with Crippen LogP contribution < -0.4 is 0 Å². The topological polar surface area (TPSA) is 40.5 Å². The summed E-state index contributed by atoms with van der Waals surface area (Å²) < 4.78 is 0. The van der Waals surface area contributed by atoms with E-state index in [1.807, 2.05) is 0 Å². The first-order valence-electron chi connectivity index (χ1n) is 9.74. The fourth-order valence-electron chi connectivity index (χ4n) is 7.70. The molecule has 4 saturated carbocycles. The Balaban J connectivity index is 1.68. The second-order valence-corrected chi connectivity index (χ2v) is 9.69. The number of fused-ring (bicyclic) bond motifs is 5. The third kappa shape index (κ3) is 1.86. The van der Waals surface area contributed by atoms with Crippen LogP contribution in [0, 0.1) is 40.4 Å². The van der Waals surface area contributed by atoms with Gasteiger partial charge in [0.05, 0.1) is 12.2 Å². The van der Waals surface area contributed by atoms with Gasteiger partial charge in [0.15, 0.2) is 0 Å². The highest BCUT2D eigenvalue weighted by Gasteiger charge is 2.61. The summed E-state index contributed by atoms with van der Waals surface area (Å²) in [5.74, 6) is 3.29. The van der Waals surface area contributed by atoms with Gasteiger partial charge in [0.1, 0.15) is 0 Å². The van der Waals surface area contributed by atoms with E-state index in [1.165, 1.54) is 44.9 Å². The van der Waals surface area contributed by atoms with Crippen molar-refractivity contribution in [2.45, 2.75) is 84.3 Å². The van der Waals surface area contributed by atoms with Gasteiger partial charge in [-0.05, 0) is 78.9 Å². The van der Waals surface area contributed by atoms with Crippen LogP contribution in [0.2, 0.25) is 0 Å². The van der Waals surface area contributed by atoms with Crippen molar-refractivity contribution in [2.24, 2.45) is 40.4 Å². The van der Waals surface area contributed by atoms with E-state index in [-0.39, 0.29) is 17.6 Å². The Labute approximate surface area is 135 Å². The molecule has 2 N–H and O–H groups in total. The molecular weight excluding hydrogens is 272 g/mol. The van der Waals surface area contributed by atoms with E-state index >= 15 is 0 Å². The number of hydrogen-bond acceptors (Lipinski definition) is 2. The van der Waals surface area contributed by atoms with Gasteiger partial charge >= 0.3 is 0 Å². The molecule has 0 aromatic carbocycles. The first-order valence-corrected chi connectivity index (χ1v) is 9.74. The molecule has 0 amide bonds. The third-order valence-electron chi connectivity index (χ3n) is 9.05. The van der Waals surface area contributed by atoms with Gasteiger partial charge in [-0.15, -0.1) is 0 Å². The van der Waals surface area contributed by atoms with E-state index in [0.717, 1.165) is 11.8 Å². The Morgan fingerprint density at radius 3 is 2.41 bits per heavy atom. The van der Waals surface area contributed by atoms with Gasteiger partial charge in [-0.3, -0.25) is 0 Å². The molecule has 4 rings (SSSR count). The predicted molar refractivity (Wildman–Crippen MR) is 88.3 cm³/mol. The lowest BCUT2D eigenvalue weighted by molar-refractivity contribution is -0.197. The normalized spacial score (nSPS) is 61.2. The molecule has 0 bridgehead atoms. The van der Waals surface area contributed by atoms with E-state index in [0.29, 0.717) is 29.6 Å².